The smallest absolute Gasteiger partial charge is 0.264 e. The highest BCUT2D eigenvalue weighted by atomic mass is 79.9. The number of benzene rings is 4. The number of hydrogen-bond donors (Lipinski definition) is 1. The van der Waals surface area contributed by atoms with Gasteiger partial charge in [0.25, 0.3) is 10.0 Å². The second kappa shape index (κ2) is 14.1. The average Bonchev–Trinajstić information content (AvgIpc) is 2.98. The standard InChI is InChI=1S/C32H31Br2N3O4S/c1-23-11-17-29(18-12-23)42(40,41)37(28-10-6-9-27(34)20-28)22-31(38)36(21-25-13-15-26(33)16-14-25)30(32(39)35-2)19-24-7-4-3-5-8-24/h3-18,20,30H,19,21-22H2,1-2H3,(H,35,39)/t30-/m0/s1. The molecule has 4 aromatic carbocycles. The summed E-state index contributed by atoms with van der Waals surface area (Å²) in [4.78, 5) is 29.1. The molecule has 0 aliphatic heterocycles. The lowest BCUT2D eigenvalue weighted by atomic mass is 10.0. The van der Waals surface area contributed by atoms with Gasteiger partial charge in [-0.1, -0.05) is 98.1 Å². The van der Waals surface area contributed by atoms with Crippen LogP contribution in [0, 0.1) is 6.92 Å². The second-order valence-electron chi connectivity index (χ2n) is 9.77. The molecular weight excluding hydrogens is 682 g/mol. The highest BCUT2D eigenvalue weighted by Gasteiger charge is 2.34. The summed E-state index contributed by atoms with van der Waals surface area (Å²) in [5.74, 6) is -0.863. The number of rotatable bonds is 11. The van der Waals surface area contributed by atoms with E-state index < -0.39 is 28.5 Å². The summed E-state index contributed by atoms with van der Waals surface area (Å²) in [6.07, 6.45) is 0.254. The van der Waals surface area contributed by atoms with Crippen molar-refractivity contribution in [2.75, 3.05) is 17.9 Å². The number of carbonyl (C=O) groups is 2. The molecule has 0 bridgehead atoms. The highest BCUT2D eigenvalue weighted by Crippen LogP contribution is 2.27. The predicted octanol–water partition coefficient (Wildman–Crippen LogP) is 6.10. The molecule has 218 valence electrons. The van der Waals surface area contributed by atoms with E-state index in [1.165, 1.54) is 24.1 Å². The number of nitrogens with one attached hydrogen (secondary N) is 1. The number of carbonyl (C=O) groups excluding carboxylic acids is 2. The molecule has 0 spiro atoms. The van der Waals surface area contributed by atoms with Crippen LogP contribution in [0.4, 0.5) is 5.69 Å². The fraction of sp³-hybridized carbons (Fsp3) is 0.188. The zero-order valence-electron chi connectivity index (χ0n) is 23.2. The number of aryl methyl sites for hydroxylation is 1. The van der Waals surface area contributed by atoms with Crippen LogP contribution in [0.5, 0.6) is 0 Å². The third-order valence-electron chi connectivity index (χ3n) is 6.77. The summed E-state index contributed by atoms with van der Waals surface area (Å²) >= 11 is 6.86. The van der Waals surface area contributed by atoms with Crippen molar-refractivity contribution in [1.29, 1.82) is 0 Å². The van der Waals surface area contributed by atoms with E-state index in [0.717, 1.165) is 25.5 Å². The number of hydrogen-bond acceptors (Lipinski definition) is 4. The first-order valence-electron chi connectivity index (χ1n) is 13.2. The molecular formula is C32H31Br2N3O4S. The Kier molecular flexibility index (Phi) is 10.6. The van der Waals surface area contributed by atoms with Gasteiger partial charge in [-0.05, 0) is 60.5 Å². The van der Waals surface area contributed by atoms with Crippen molar-refractivity contribution in [2.24, 2.45) is 0 Å². The van der Waals surface area contributed by atoms with Gasteiger partial charge in [0.2, 0.25) is 11.8 Å². The van der Waals surface area contributed by atoms with Gasteiger partial charge < -0.3 is 10.2 Å². The zero-order valence-corrected chi connectivity index (χ0v) is 27.2. The molecule has 0 saturated heterocycles. The quantitative estimate of drug-likeness (QED) is 0.204. The van der Waals surface area contributed by atoms with Gasteiger partial charge in [-0.15, -0.1) is 0 Å². The molecule has 0 saturated carbocycles. The molecule has 0 heterocycles. The van der Waals surface area contributed by atoms with E-state index in [4.69, 9.17) is 0 Å². The van der Waals surface area contributed by atoms with Crippen molar-refractivity contribution in [3.63, 3.8) is 0 Å². The molecule has 4 aromatic rings. The van der Waals surface area contributed by atoms with E-state index in [0.29, 0.717) is 10.2 Å². The average molecular weight is 713 g/mol. The maximum absolute atomic E-state index is 14.3. The maximum atomic E-state index is 14.3. The second-order valence-corrected chi connectivity index (χ2v) is 13.5. The summed E-state index contributed by atoms with van der Waals surface area (Å²) < 4.78 is 30.7. The Labute approximate surface area is 263 Å². The lowest BCUT2D eigenvalue weighted by Crippen LogP contribution is -2.53. The third kappa shape index (κ3) is 7.87. The van der Waals surface area contributed by atoms with Crippen molar-refractivity contribution in [2.45, 2.75) is 30.8 Å². The Morgan fingerprint density at radius 3 is 2.10 bits per heavy atom. The number of likely N-dealkylation sites (N-methyl/N-ethyl adjacent to an activating group) is 1. The van der Waals surface area contributed by atoms with Crippen molar-refractivity contribution in [1.82, 2.24) is 10.2 Å². The molecule has 2 amide bonds. The minimum absolute atomic E-state index is 0.0625. The molecule has 0 radical (unpaired) electrons. The van der Waals surface area contributed by atoms with E-state index in [1.54, 1.807) is 36.4 Å². The van der Waals surface area contributed by atoms with E-state index >= 15 is 0 Å². The summed E-state index contributed by atoms with van der Waals surface area (Å²) in [6, 6.07) is 29.3. The van der Waals surface area contributed by atoms with E-state index in [-0.39, 0.29) is 23.8 Å². The Bertz CT molecular complexity index is 1630. The monoisotopic (exact) mass is 711 g/mol. The molecule has 0 aromatic heterocycles. The van der Waals surface area contributed by atoms with Crippen LogP contribution in [0.15, 0.2) is 117 Å². The maximum Gasteiger partial charge on any atom is 0.264 e. The lowest BCUT2D eigenvalue weighted by molar-refractivity contribution is -0.139. The molecule has 0 unspecified atom stereocenters. The van der Waals surface area contributed by atoms with E-state index in [9.17, 15) is 18.0 Å². The van der Waals surface area contributed by atoms with Crippen LogP contribution in [0.1, 0.15) is 16.7 Å². The molecule has 1 N–H and O–H groups in total. The zero-order chi connectivity index (χ0) is 30.3. The molecule has 0 fully saturated rings. The first kappa shape index (κ1) is 31.5. The first-order valence-corrected chi connectivity index (χ1v) is 16.3. The van der Waals surface area contributed by atoms with Crippen molar-refractivity contribution < 1.29 is 18.0 Å². The van der Waals surface area contributed by atoms with Gasteiger partial charge in [0, 0.05) is 29.0 Å². The fourth-order valence-electron chi connectivity index (χ4n) is 4.50. The van der Waals surface area contributed by atoms with Crippen LogP contribution in [0.3, 0.4) is 0 Å². The highest BCUT2D eigenvalue weighted by molar-refractivity contribution is 9.10. The van der Waals surface area contributed by atoms with Crippen LogP contribution in [-0.4, -0.2) is 44.8 Å². The molecule has 0 aliphatic rings. The van der Waals surface area contributed by atoms with Gasteiger partial charge in [-0.25, -0.2) is 8.42 Å². The molecule has 1 atom stereocenters. The van der Waals surface area contributed by atoms with Gasteiger partial charge in [0.05, 0.1) is 10.6 Å². The number of nitrogens with zero attached hydrogens (tertiary/aromatic N) is 2. The van der Waals surface area contributed by atoms with Crippen LogP contribution >= 0.6 is 31.9 Å². The normalized spacial score (nSPS) is 11.9. The van der Waals surface area contributed by atoms with Gasteiger partial charge >= 0.3 is 0 Å². The van der Waals surface area contributed by atoms with Gasteiger partial charge in [0.1, 0.15) is 12.6 Å². The fourth-order valence-corrected chi connectivity index (χ4v) is 6.56. The number of sulfonamides is 1. The Hall–Kier alpha value is -3.47. The van der Waals surface area contributed by atoms with Crippen molar-refractivity contribution in [3.8, 4) is 0 Å². The van der Waals surface area contributed by atoms with Crippen LogP contribution in [0.25, 0.3) is 0 Å². The Morgan fingerprint density at radius 1 is 0.810 bits per heavy atom. The minimum atomic E-state index is -4.15. The molecule has 0 aliphatic carbocycles. The van der Waals surface area contributed by atoms with Gasteiger partial charge in [0.15, 0.2) is 0 Å². The van der Waals surface area contributed by atoms with Crippen LogP contribution in [-0.2, 0) is 32.6 Å². The van der Waals surface area contributed by atoms with E-state index in [2.05, 4.69) is 37.2 Å². The largest absolute Gasteiger partial charge is 0.357 e. The third-order valence-corrected chi connectivity index (χ3v) is 9.58. The van der Waals surface area contributed by atoms with Crippen molar-refractivity contribution >= 4 is 59.4 Å². The molecule has 7 nitrogen and oxygen atoms in total. The topological polar surface area (TPSA) is 86.8 Å². The number of halogens is 2. The van der Waals surface area contributed by atoms with Gasteiger partial charge in [-0.3, -0.25) is 13.9 Å². The Morgan fingerprint density at radius 2 is 1.48 bits per heavy atom. The van der Waals surface area contributed by atoms with Crippen LogP contribution in [0.2, 0.25) is 0 Å². The minimum Gasteiger partial charge on any atom is -0.357 e. The predicted molar refractivity (Wildman–Crippen MR) is 173 cm³/mol. The van der Waals surface area contributed by atoms with Crippen molar-refractivity contribution in [3.05, 3.63) is 129 Å². The van der Waals surface area contributed by atoms with Gasteiger partial charge in [-0.2, -0.15) is 0 Å². The molecule has 10 heteroatoms. The summed E-state index contributed by atoms with van der Waals surface area (Å²) in [5.41, 5.74) is 2.90. The summed E-state index contributed by atoms with van der Waals surface area (Å²) in [7, 11) is -2.62. The SMILES string of the molecule is CNC(=O)[C@H](Cc1ccccc1)N(Cc1ccc(Br)cc1)C(=O)CN(c1cccc(Br)c1)S(=O)(=O)c1ccc(C)cc1. The lowest BCUT2D eigenvalue weighted by Gasteiger charge is -2.33. The van der Waals surface area contributed by atoms with Crippen LogP contribution < -0.4 is 9.62 Å². The number of amides is 2. The summed E-state index contributed by atoms with van der Waals surface area (Å²) in [5, 5.41) is 2.69. The van der Waals surface area contributed by atoms with E-state index in [1.807, 2.05) is 61.5 Å². The molecule has 42 heavy (non-hydrogen) atoms. The first-order chi connectivity index (χ1) is 20.1. The summed E-state index contributed by atoms with van der Waals surface area (Å²) in [6.45, 7) is 1.47. The Balaban J connectivity index is 1.78. The molecule has 4 rings (SSSR count). The number of anilines is 1.